The monoisotopic (exact) mass is 444 g/mol. The molecule has 7 heteroatoms. The summed E-state index contributed by atoms with van der Waals surface area (Å²) in [6.07, 6.45) is 3.48. The topological polar surface area (TPSA) is 75.7 Å². The summed E-state index contributed by atoms with van der Waals surface area (Å²) in [5, 5.41) is 2.93. The van der Waals surface area contributed by atoms with Gasteiger partial charge in [-0.1, -0.05) is 18.2 Å². The number of amides is 1. The van der Waals surface area contributed by atoms with Gasteiger partial charge in [0.25, 0.3) is 5.91 Å². The maximum atomic E-state index is 12.8. The molecular formula is C24H32N2O4S. The SMILES string of the molecule is Cc1ccc(S(=O)(=O)N2CCCC2)cc1C(=O)NCCCc1cccc(OC(C)C)c1. The molecule has 3 rings (SSSR count). The van der Waals surface area contributed by atoms with Gasteiger partial charge in [-0.3, -0.25) is 4.79 Å². The number of carbonyl (C=O) groups excluding carboxylic acids is 1. The molecule has 1 heterocycles. The lowest BCUT2D eigenvalue weighted by molar-refractivity contribution is 0.0952. The Morgan fingerprint density at radius 3 is 2.58 bits per heavy atom. The van der Waals surface area contributed by atoms with Crippen molar-refractivity contribution in [1.82, 2.24) is 9.62 Å². The van der Waals surface area contributed by atoms with Crippen LogP contribution in [0.5, 0.6) is 5.75 Å². The minimum absolute atomic E-state index is 0.128. The van der Waals surface area contributed by atoms with Gasteiger partial charge in [-0.25, -0.2) is 8.42 Å². The number of hydrogen-bond acceptors (Lipinski definition) is 4. The normalized spacial score (nSPS) is 14.7. The van der Waals surface area contributed by atoms with E-state index in [0.717, 1.165) is 42.6 Å². The number of carbonyl (C=O) groups is 1. The summed E-state index contributed by atoms with van der Waals surface area (Å²) in [5.41, 5.74) is 2.33. The molecule has 1 aliphatic rings. The van der Waals surface area contributed by atoms with Gasteiger partial charge in [0.1, 0.15) is 5.75 Å². The van der Waals surface area contributed by atoms with Crippen molar-refractivity contribution >= 4 is 15.9 Å². The number of nitrogens with one attached hydrogen (secondary N) is 1. The van der Waals surface area contributed by atoms with Crippen molar-refractivity contribution in [3.05, 3.63) is 59.2 Å². The Morgan fingerprint density at radius 1 is 1.13 bits per heavy atom. The Balaban J connectivity index is 1.58. The molecule has 1 saturated heterocycles. The molecule has 0 unspecified atom stereocenters. The van der Waals surface area contributed by atoms with Gasteiger partial charge in [-0.15, -0.1) is 0 Å². The fourth-order valence-corrected chi connectivity index (χ4v) is 5.26. The highest BCUT2D eigenvalue weighted by Gasteiger charge is 2.28. The molecule has 1 fully saturated rings. The zero-order valence-corrected chi connectivity index (χ0v) is 19.4. The lowest BCUT2D eigenvalue weighted by Crippen LogP contribution is -2.29. The second-order valence-corrected chi connectivity index (χ2v) is 10.2. The minimum Gasteiger partial charge on any atom is -0.491 e. The van der Waals surface area contributed by atoms with E-state index in [2.05, 4.69) is 5.32 Å². The molecule has 0 saturated carbocycles. The molecule has 1 amide bonds. The molecule has 2 aromatic rings. The van der Waals surface area contributed by atoms with Crippen LogP contribution in [-0.4, -0.2) is 44.4 Å². The highest BCUT2D eigenvalue weighted by atomic mass is 32.2. The van der Waals surface area contributed by atoms with E-state index >= 15 is 0 Å². The maximum absolute atomic E-state index is 12.8. The Kier molecular flexibility index (Phi) is 7.73. The van der Waals surface area contributed by atoms with Crippen LogP contribution < -0.4 is 10.1 Å². The predicted molar refractivity (Wildman–Crippen MR) is 122 cm³/mol. The van der Waals surface area contributed by atoms with Crippen molar-refractivity contribution in [2.45, 2.75) is 57.5 Å². The van der Waals surface area contributed by atoms with Crippen LogP contribution in [0, 0.1) is 6.92 Å². The average molecular weight is 445 g/mol. The first-order chi connectivity index (χ1) is 14.8. The molecule has 0 aliphatic carbocycles. The molecule has 1 aliphatic heterocycles. The van der Waals surface area contributed by atoms with E-state index in [9.17, 15) is 13.2 Å². The standard InChI is InChI=1S/C24H32N2O4S/c1-18(2)30-21-10-6-8-20(16-21)9-7-13-25-24(27)23-17-22(12-11-19(23)3)31(28,29)26-14-4-5-15-26/h6,8,10-12,16-18H,4-5,7,9,13-15H2,1-3H3,(H,25,27). The van der Waals surface area contributed by atoms with Crippen LogP contribution in [0.4, 0.5) is 0 Å². The van der Waals surface area contributed by atoms with Gasteiger partial charge >= 0.3 is 0 Å². The molecule has 1 N–H and O–H groups in total. The fraction of sp³-hybridized carbons (Fsp3) is 0.458. The number of benzene rings is 2. The number of sulfonamides is 1. The van der Waals surface area contributed by atoms with E-state index in [4.69, 9.17) is 4.74 Å². The van der Waals surface area contributed by atoms with Crippen LogP contribution in [0.1, 0.15) is 54.6 Å². The Hall–Kier alpha value is -2.38. The third-order valence-electron chi connectivity index (χ3n) is 5.35. The van der Waals surface area contributed by atoms with Crippen molar-refractivity contribution in [1.29, 1.82) is 0 Å². The average Bonchev–Trinajstić information content (AvgIpc) is 3.27. The van der Waals surface area contributed by atoms with Gasteiger partial charge in [0.2, 0.25) is 10.0 Å². The minimum atomic E-state index is -3.54. The predicted octanol–water partition coefficient (Wildman–Crippen LogP) is 3.93. The summed E-state index contributed by atoms with van der Waals surface area (Å²) in [6, 6.07) is 12.8. The number of nitrogens with zero attached hydrogens (tertiary/aromatic N) is 1. The smallest absolute Gasteiger partial charge is 0.251 e. The molecule has 168 valence electrons. The Bertz CT molecular complexity index is 1010. The Labute approximate surface area is 185 Å². The largest absolute Gasteiger partial charge is 0.491 e. The van der Waals surface area contributed by atoms with E-state index in [1.54, 1.807) is 12.1 Å². The molecule has 0 atom stereocenters. The van der Waals surface area contributed by atoms with Gasteiger partial charge in [0.05, 0.1) is 11.0 Å². The van der Waals surface area contributed by atoms with Crippen LogP contribution in [0.15, 0.2) is 47.4 Å². The summed E-state index contributed by atoms with van der Waals surface area (Å²) < 4.78 is 32.9. The van der Waals surface area contributed by atoms with Crippen molar-refractivity contribution < 1.29 is 17.9 Å². The highest BCUT2D eigenvalue weighted by molar-refractivity contribution is 7.89. The summed E-state index contributed by atoms with van der Waals surface area (Å²) in [4.78, 5) is 12.9. The number of aryl methyl sites for hydroxylation is 2. The zero-order chi connectivity index (χ0) is 22.4. The second kappa shape index (κ2) is 10.3. The molecule has 31 heavy (non-hydrogen) atoms. The first kappa shape index (κ1) is 23.3. The maximum Gasteiger partial charge on any atom is 0.251 e. The van der Waals surface area contributed by atoms with Gasteiger partial charge < -0.3 is 10.1 Å². The van der Waals surface area contributed by atoms with Crippen LogP contribution in [-0.2, 0) is 16.4 Å². The quantitative estimate of drug-likeness (QED) is 0.595. The molecule has 0 spiro atoms. The second-order valence-electron chi connectivity index (χ2n) is 8.26. The lowest BCUT2D eigenvalue weighted by atomic mass is 10.1. The zero-order valence-electron chi connectivity index (χ0n) is 18.6. The fourth-order valence-electron chi connectivity index (χ4n) is 3.72. The van der Waals surface area contributed by atoms with E-state index in [0.29, 0.717) is 25.2 Å². The van der Waals surface area contributed by atoms with E-state index in [1.165, 1.54) is 10.4 Å². The van der Waals surface area contributed by atoms with Gasteiger partial charge in [-0.2, -0.15) is 4.31 Å². The van der Waals surface area contributed by atoms with Crippen LogP contribution in [0.3, 0.4) is 0 Å². The molecular weight excluding hydrogens is 412 g/mol. The highest BCUT2D eigenvalue weighted by Crippen LogP contribution is 2.23. The first-order valence-electron chi connectivity index (χ1n) is 10.9. The van der Waals surface area contributed by atoms with Crippen LogP contribution in [0.25, 0.3) is 0 Å². The Morgan fingerprint density at radius 2 is 1.87 bits per heavy atom. The van der Waals surface area contributed by atoms with E-state index in [1.807, 2.05) is 45.0 Å². The number of ether oxygens (including phenoxy) is 1. The van der Waals surface area contributed by atoms with Crippen molar-refractivity contribution in [3.63, 3.8) is 0 Å². The van der Waals surface area contributed by atoms with Crippen molar-refractivity contribution in [2.75, 3.05) is 19.6 Å². The molecule has 0 aromatic heterocycles. The number of hydrogen-bond donors (Lipinski definition) is 1. The van der Waals surface area contributed by atoms with Crippen LogP contribution in [0.2, 0.25) is 0 Å². The van der Waals surface area contributed by atoms with E-state index < -0.39 is 10.0 Å². The van der Waals surface area contributed by atoms with Gasteiger partial charge in [0.15, 0.2) is 0 Å². The van der Waals surface area contributed by atoms with E-state index in [-0.39, 0.29) is 16.9 Å². The van der Waals surface area contributed by atoms with Crippen LogP contribution >= 0.6 is 0 Å². The van der Waals surface area contributed by atoms with Gasteiger partial charge in [-0.05, 0) is 81.8 Å². The molecule has 0 bridgehead atoms. The summed E-state index contributed by atoms with van der Waals surface area (Å²) >= 11 is 0. The summed E-state index contributed by atoms with van der Waals surface area (Å²) in [6.45, 7) is 7.41. The first-order valence-corrected chi connectivity index (χ1v) is 12.4. The summed E-state index contributed by atoms with van der Waals surface area (Å²) in [5.74, 6) is 0.607. The number of rotatable bonds is 9. The van der Waals surface area contributed by atoms with Crippen molar-refractivity contribution in [2.24, 2.45) is 0 Å². The molecule has 2 aromatic carbocycles. The van der Waals surface area contributed by atoms with Crippen molar-refractivity contribution in [3.8, 4) is 5.75 Å². The molecule has 0 radical (unpaired) electrons. The molecule has 6 nitrogen and oxygen atoms in total. The lowest BCUT2D eigenvalue weighted by Gasteiger charge is -2.17. The third kappa shape index (κ3) is 6.08. The third-order valence-corrected chi connectivity index (χ3v) is 7.25. The summed E-state index contributed by atoms with van der Waals surface area (Å²) in [7, 11) is -3.54. The van der Waals surface area contributed by atoms with Gasteiger partial charge in [0, 0.05) is 25.2 Å².